The van der Waals surface area contributed by atoms with Crippen LogP contribution in [0.2, 0.25) is 5.02 Å². The number of halogens is 1. The molecule has 28 heavy (non-hydrogen) atoms. The lowest BCUT2D eigenvalue weighted by Crippen LogP contribution is -2.31. The summed E-state index contributed by atoms with van der Waals surface area (Å²) in [6, 6.07) is 10.3. The number of ketones is 1. The van der Waals surface area contributed by atoms with Crippen molar-refractivity contribution in [3.8, 4) is 11.5 Å². The Balaban J connectivity index is 2.18. The van der Waals surface area contributed by atoms with Gasteiger partial charge in [-0.15, -0.1) is 0 Å². The van der Waals surface area contributed by atoms with Crippen LogP contribution in [0.4, 0.5) is 5.69 Å². The third-order valence-electron chi connectivity index (χ3n) is 4.64. The van der Waals surface area contributed by atoms with Crippen LogP contribution in [-0.4, -0.2) is 29.0 Å². The second kappa shape index (κ2) is 7.56. The van der Waals surface area contributed by atoms with E-state index in [4.69, 9.17) is 16.3 Å². The van der Waals surface area contributed by atoms with Crippen LogP contribution in [0, 0.1) is 5.92 Å². The van der Waals surface area contributed by atoms with Crippen molar-refractivity contribution >= 4 is 29.0 Å². The summed E-state index contributed by atoms with van der Waals surface area (Å²) in [6.07, 6.45) is 0. The molecule has 146 valence electrons. The lowest BCUT2D eigenvalue weighted by Gasteiger charge is -2.27. The van der Waals surface area contributed by atoms with Gasteiger partial charge in [0.2, 0.25) is 0 Å². The standard InChI is InChI=1S/C21H20ClNO5/c1-11(2)19(25)17-18(12-4-9-16(24)15(22)10-12)23(21(27)20(17)26)13-5-7-14(28-3)8-6-13/h4-11,18,24,26H,1-3H3. The Morgan fingerprint density at radius 1 is 1.14 bits per heavy atom. The summed E-state index contributed by atoms with van der Waals surface area (Å²) in [7, 11) is 1.53. The van der Waals surface area contributed by atoms with E-state index >= 15 is 0 Å². The van der Waals surface area contributed by atoms with Crippen LogP contribution in [0.15, 0.2) is 53.8 Å². The largest absolute Gasteiger partial charge is 0.506 e. The summed E-state index contributed by atoms with van der Waals surface area (Å²) < 4.78 is 5.15. The number of aromatic hydroxyl groups is 1. The number of methoxy groups -OCH3 is 1. The monoisotopic (exact) mass is 401 g/mol. The Hall–Kier alpha value is -2.99. The van der Waals surface area contributed by atoms with Gasteiger partial charge in [-0.05, 0) is 42.0 Å². The van der Waals surface area contributed by atoms with Gasteiger partial charge in [0.05, 0.1) is 23.7 Å². The molecule has 6 nitrogen and oxygen atoms in total. The maximum Gasteiger partial charge on any atom is 0.294 e. The molecule has 7 heteroatoms. The van der Waals surface area contributed by atoms with E-state index in [-0.39, 0.29) is 22.1 Å². The van der Waals surface area contributed by atoms with Crippen LogP contribution in [0.25, 0.3) is 0 Å². The van der Waals surface area contributed by atoms with Crippen molar-refractivity contribution in [2.24, 2.45) is 5.92 Å². The minimum atomic E-state index is -0.867. The minimum Gasteiger partial charge on any atom is -0.506 e. The molecule has 2 aromatic carbocycles. The number of phenols is 1. The fraction of sp³-hybridized carbons (Fsp3) is 0.238. The number of aliphatic hydroxyl groups is 1. The van der Waals surface area contributed by atoms with E-state index in [0.29, 0.717) is 17.0 Å². The van der Waals surface area contributed by atoms with E-state index in [1.807, 2.05) is 0 Å². The van der Waals surface area contributed by atoms with Gasteiger partial charge in [-0.1, -0.05) is 31.5 Å². The fourth-order valence-corrected chi connectivity index (χ4v) is 3.37. The molecule has 3 rings (SSSR count). The highest BCUT2D eigenvalue weighted by Crippen LogP contribution is 2.43. The molecule has 0 aliphatic carbocycles. The second-order valence-electron chi connectivity index (χ2n) is 6.77. The highest BCUT2D eigenvalue weighted by molar-refractivity contribution is 6.32. The van der Waals surface area contributed by atoms with Crippen molar-refractivity contribution in [2.75, 3.05) is 12.0 Å². The average molecular weight is 402 g/mol. The summed E-state index contributed by atoms with van der Waals surface area (Å²) in [4.78, 5) is 27.0. The van der Waals surface area contributed by atoms with Crippen molar-refractivity contribution in [3.63, 3.8) is 0 Å². The number of rotatable bonds is 5. The molecule has 0 saturated carbocycles. The molecule has 0 bridgehead atoms. The van der Waals surface area contributed by atoms with Gasteiger partial charge < -0.3 is 14.9 Å². The minimum absolute atomic E-state index is 0.0116. The topological polar surface area (TPSA) is 87.1 Å². The number of phenolic OH excluding ortho intramolecular Hbond substituents is 1. The van der Waals surface area contributed by atoms with E-state index in [2.05, 4.69) is 0 Å². The fourth-order valence-electron chi connectivity index (χ4n) is 3.19. The number of nitrogens with zero attached hydrogens (tertiary/aromatic N) is 1. The number of amides is 1. The van der Waals surface area contributed by atoms with Crippen molar-refractivity contribution in [2.45, 2.75) is 19.9 Å². The smallest absolute Gasteiger partial charge is 0.294 e. The summed E-state index contributed by atoms with van der Waals surface area (Å²) in [5, 5.41) is 20.4. The van der Waals surface area contributed by atoms with Gasteiger partial charge in [-0.25, -0.2) is 0 Å². The molecule has 0 radical (unpaired) electrons. The number of hydrogen-bond donors (Lipinski definition) is 2. The first-order valence-electron chi connectivity index (χ1n) is 8.69. The second-order valence-corrected chi connectivity index (χ2v) is 7.17. The lowest BCUT2D eigenvalue weighted by atomic mass is 9.91. The molecule has 0 fully saturated rings. The molecular weight excluding hydrogens is 382 g/mol. The van der Waals surface area contributed by atoms with Crippen molar-refractivity contribution in [1.82, 2.24) is 0 Å². The number of carbonyl (C=O) groups is 2. The quantitative estimate of drug-likeness (QED) is 0.784. The molecule has 1 heterocycles. The molecule has 1 aliphatic rings. The molecule has 2 aromatic rings. The van der Waals surface area contributed by atoms with Crippen molar-refractivity contribution in [1.29, 1.82) is 0 Å². The maximum absolute atomic E-state index is 12.9. The van der Waals surface area contributed by atoms with E-state index < -0.39 is 23.6 Å². The number of ether oxygens (including phenoxy) is 1. The zero-order valence-electron chi connectivity index (χ0n) is 15.6. The van der Waals surface area contributed by atoms with Gasteiger partial charge in [0.25, 0.3) is 5.91 Å². The Bertz CT molecular complexity index is 965. The predicted molar refractivity (Wildman–Crippen MR) is 106 cm³/mol. The zero-order chi connectivity index (χ0) is 20.6. The maximum atomic E-state index is 12.9. The number of hydrogen-bond acceptors (Lipinski definition) is 5. The molecule has 0 aromatic heterocycles. The molecule has 0 saturated heterocycles. The van der Waals surface area contributed by atoms with Crippen molar-refractivity contribution < 1.29 is 24.5 Å². The molecule has 2 N–H and O–H groups in total. The molecule has 0 spiro atoms. The molecule has 1 aliphatic heterocycles. The number of aliphatic hydroxyl groups excluding tert-OH is 1. The average Bonchev–Trinajstić information content (AvgIpc) is 2.94. The first-order valence-corrected chi connectivity index (χ1v) is 9.07. The first kappa shape index (κ1) is 19.8. The number of anilines is 1. The Labute approximate surface area is 167 Å². The van der Waals surface area contributed by atoms with Gasteiger partial charge in [0, 0.05) is 11.6 Å². The van der Waals surface area contributed by atoms with Gasteiger partial charge in [0.1, 0.15) is 11.5 Å². The van der Waals surface area contributed by atoms with Crippen LogP contribution >= 0.6 is 11.6 Å². The number of carbonyl (C=O) groups excluding carboxylic acids is 2. The summed E-state index contributed by atoms with van der Waals surface area (Å²) >= 11 is 6.05. The predicted octanol–water partition coefficient (Wildman–Crippen LogP) is 4.18. The summed E-state index contributed by atoms with van der Waals surface area (Å²) in [6.45, 7) is 3.40. The number of benzene rings is 2. The SMILES string of the molecule is COc1ccc(N2C(=O)C(O)=C(C(=O)C(C)C)C2c2ccc(O)c(Cl)c2)cc1. The highest BCUT2D eigenvalue weighted by atomic mass is 35.5. The molecule has 1 unspecified atom stereocenters. The number of Topliss-reactive ketones (excluding diaryl/α,β-unsaturated/α-hetero) is 1. The van der Waals surface area contributed by atoms with Gasteiger partial charge in [-0.2, -0.15) is 0 Å². The first-order chi connectivity index (χ1) is 13.3. The third-order valence-corrected chi connectivity index (χ3v) is 4.94. The van der Waals surface area contributed by atoms with E-state index in [9.17, 15) is 19.8 Å². The van der Waals surface area contributed by atoms with Crippen LogP contribution in [0.5, 0.6) is 11.5 Å². The van der Waals surface area contributed by atoms with Gasteiger partial charge in [0.15, 0.2) is 11.5 Å². The van der Waals surface area contributed by atoms with E-state index in [1.54, 1.807) is 44.2 Å². The Morgan fingerprint density at radius 3 is 2.32 bits per heavy atom. The lowest BCUT2D eigenvalue weighted by molar-refractivity contribution is -0.119. The Kier molecular flexibility index (Phi) is 5.34. The molecule has 1 amide bonds. The summed E-state index contributed by atoms with van der Waals surface area (Å²) in [5.41, 5.74) is 0.996. The van der Waals surface area contributed by atoms with Crippen LogP contribution in [0.3, 0.4) is 0 Å². The zero-order valence-corrected chi connectivity index (χ0v) is 16.4. The van der Waals surface area contributed by atoms with Crippen LogP contribution < -0.4 is 9.64 Å². The molecule has 1 atom stereocenters. The normalized spacial score (nSPS) is 16.8. The highest BCUT2D eigenvalue weighted by Gasteiger charge is 2.44. The Morgan fingerprint density at radius 2 is 1.79 bits per heavy atom. The van der Waals surface area contributed by atoms with E-state index in [1.165, 1.54) is 24.1 Å². The van der Waals surface area contributed by atoms with Crippen LogP contribution in [-0.2, 0) is 9.59 Å². The van der Waals surface area contributed by atoms with Gasteiger partial charge >= 0.3 is 0 Å². The van der Waals surface area contributed by atoms with Crippen molar-refractivity contribution in [3.05, 3.63) is 64.4 Å². The third kappa shape index (κ3) is 3.31. The van der Waals surface area contributed by atoms with Gasteiger partial charge in [-0.3, -0.25) is 14.5 Å². The van der Waals surface area contributed by atoms with Crippen LogP contribution in [0.1, 0.15) is 25.5 Å². The summed E-state index contributed by atoms with van der Waals surface area (Å²) in [5.74, 6) is -1.52. The molecular formula is C21H20ClNO5. The van der Waals surface area contributed by atoms with E-state index in [0.717, 1.165) is 0 Å².